The summed E-state index contributed by atoms with van der Waals surface area (Å²) in [6, 6.07) is 0. The summed E-state index contributed by atoms with van der Waals surface area (Å²) >= 11 is 0. The molecule has 1 aliphatic heterocycles. The lowest BCUT2D eigenvalue weighted by molar-refractivity contribution is -0.132. The lowest BCUT2D eigenvalue weighted by Crippen LogP contribution is -1.91. The van der Waals surface area contributed by atoms with Gasteiger partial charge < -0.3 is 4.74 Å². The first-order chi connectivity index (χ1) is 4.86. The second-order valence-corrected chi connectivity index (χ2v) is 2.25. The van der Waals surface area contributed by atoms with Gasteiger partial charge in [0.25, 0.3) is 0 Å². The highest BCUT2D eigenvalue weighted by molar-refractivity contribution is 5.88. The predicted molar refractivity (Wildman–Crippen MR) is 36.0 cm³/mol. The van der Waals surface area contributed by atoms with Gasteiger partial charge >= 0.3 is 5.97 Å². The minimum atomic E-state index is -0.245. The molecule has 1 heterocycles. The van der Waals surface area contributed by atoms with E-state index < -0.39 is 0 Å². The molecule has 0 bridgehead atoms. The summed E-state index contributed by atoms with van der Waals surface area (Å²) in [7, 11) is 0. The number of hydrogen-bond donors (Lipinski definition) is 0. The van der Waals surface area contributed by atoms with Crippen molar-refractivity contribution >= 4 is 5.97 Å². The Balaban J connectivity index is 2.41. The molecular weight excluding hydrogens is 128 g/mol. The summed E-state index contributed by atoms with van der Waals surface area (Å²) < 4.78 is 4.84. The van der Waals surface area contributed by atoms with Crippen LogP contribution in [0.1, 0.15) is 6.42 Å². The van der Waals surface area contributed by atoms with Crippen LogP contribution in [0.5, 0.6) is 0 Å². The van der Waals surface area contributed by atoms with Gasteiger partial charge in [-0.25, -0.2) is 4.79 Å². The third-order valence-corrected chi connectivity index (χ3v) is 1.54. The first-order valence-electron chi connectivity index (χ1n) is 3.16. The average molecular weight is 134 g/mol. The van der Waals surface area contributed by atoms with Gasteiger partial charge in [-0.15, -0.1) is 0 Å². The van der Waals surface area contributed by atoms with Crippen LogP contribution in [0.15, 0.2) is 35.6 Å². The summed E-state index contributed by atoms with van der Waals surface area (Å²) in [6.45, 7) is 0. The summed E-state index contributed by atoms with van der Waals surface area (Å²) in [5, 5.41) is 0. The zero-order chi connectivity index (χ0) is 6.97. The largest absolute Gasteiger partial charge is 0.423 e. The van der Waals surface area contributed by atoms with Crippen molar-refractivity contribution in [1.29, 1.82) is 0 Å². The van der Waals surface area contributed by atoms with E-state index in [0.29, 0.717) is 5.76 Å². The molecule has 0 fully saturated rings. The van der Waals surface area contributed by atoms with Gasteiger partial charge in [-0.2, -0.15) is 0 Å². The zero-order valence-corrected chi connectivity index (χ0v) is 5.33. The van der Waals surface area contributed by atoms with E-state index in [1.807, 2.05) is 12.2 Å². The number of esters is 1. The molecule has 0 aromatic rings. The second-order valence-electron chi connectivity index (χ2n) is 2.25. The minimum Gasteiger partial charge on any atom is -0.423 e. The minimum absolute atomic E-state index is 0.245. The highest BCUT2D eigenvalue weighted by Crippen LogP contribution is 2.25. The monoisotopic (exact) mass is 134 g/mol. The molecule has 2 rings (SSSR count). The molecule has 0 N–H and O–H groups in total. The molecule has 0 saturated heterocycles. The van der Waals surface area contributed by atoms with Crippen molar-refractivity contribution in [3.63, 3.8) is 0 Å². The quantitative estimate of drug-likeness (QED) is 0.467. The van der Waals surface area contributed by atoms with Crippen molar-refractivity contribution in [1.82, 2.24) is 0 Å². The number of fused-ring (bicyclic) bond motifs is 1. The summed E-state index contributed by atoms with van der Waals surface area (Å²) in [5.41, 5.74) is 0.993. The molecule has 2 aliphatic rings. The maximum absolute atomic E-state index is 10.6. The second kappa shape index (κ2) is 1.84. The molecule has 0 aromatic heterocycles. The molecule has 0 unspecified atom stereocenters. The standard InChI is InChI=1S/C8H6O2/c9-8-5-6-3-1-2-4-7(6)10-8/h1-2,4-5H,3H2. The fraction of sp³-hybridized carbons (Fsp3) is 0.125. The highest BCUT2D eigenvalue weighted by atomic mass is 16.5. The fourth-order valence-electron chi connectivity index (χ4n) is 1.07. The van der Waals surface area contributed by atoms with Crippen LogP contribution in [0.2, 0.25) is 0 Å². The SMILES string of the molecule is O=C1C=C2CC=CC=C2O1. The number of carbonyl (C=O) groups is 1. The van der Waals surface area contributed by atoms with Gasteiger partial charge in [0.05, 0.1) is 0 Å². The molecule has 0 radical (unpaired) electrons. The van der Waals surface area contributed by atoms with Crippen molar-refractivity contribution < 1.29 is 9.53 Å². The van der Waals surface area contributed by atoms with Crippen molar-refractivity contribution in [3.05, 3.63) is 35.6 Å². The fourth-order valence-corrected chi connectivity index (χ4v) is 1.07. The number of rotatable bonds is 0. The lowest BCUT2D eigenvalue weighted by atomic mass is 10.1. The molecule has 2 heteroatoms. The van der Waals surface area contributed by atoms with Crippen molar-refractivity contribution in [2.75, 3.05) is 0 Å². The van der Waals surface area contributed by atoms with E-state index in [1.54, 1.807) is 6.08 Å². The number of ether oxygens (including phenoxy) is 1. The Hall–Kier alpha value is -1.31. The number of carbonyl (C=O) groups excluding carboxylic acids is 1. The van der Waals surface area contributed by atoms with Gasteiger partial charge in [0.15, 0.2) is 0 Å². The van der Waals surface area contributed by atoms with Gasteiger partial charge in [0.1, 0.15) is 5.76 Å². The van der Waals surface area contributed by atoms with E-state index >= 15 is 0 Å². The van der Waals surface area contributed by atoms with Crippen LogP contribution >= 0.6 is 0 Å². The molecule has 0 spiro atoms. The summed E-state index contributed by atoms with van der Waals surface area (Å²) in [4.78, 5) is 10.6. The van der Waals surface area contributed by atoms with Crippen LogP contribution in [0.3, 0.4) is 0 Å². The Morgan fingerprint density at radius 2 is 2.40 bits per heavy atom. The molecule has 2 nitrogen and oxygen atoms in total. The summed E-state index contributed by atoms with van der Waals surface area (Å²) in [5.74, 6) is 0.470. The van der Waals surface area contributed by atoms with Gasteiger partial charge in [0.2, 0.25) is 0 Å². The Bertz CT molecular complexity index is 269. The van der Waals surface area contributed by atoms with Crippen molar-refractivity contribution in [2.24, 2.45) is 0 Å². The molecule has 0 atom stereocenters. The van der Waals surface area contributed by atoms with E-state index in [9.17, 15) is 4.79 Å². The first kappa shape index (κ1) is 5.47. The van der Waals surface area contributed by atoms with E-state index in [-0.39, 0.29) is 5.97 Å². The Kier molecular flexibility index (Phi) is 1.01. The van der Waals surface area contributed by atoms with Gasteiger partial charge in [-0.3, -0.25) is 0 Å². The van der Waals surface area contributed by atoms with E-state index in [0.717, 1.165) is 12.0 Å². The van der Waals surface area contributed by atoms with Crippen LogP contribution in [-0.2, 0) is 9.53 Å². The zero-order valence-electron chi connectivity index (χ0n) is 5.33. The van der Waals surface area contributed by atoms with Gasteiger partial charge in [-0.05, 0) is 12.5 Å². The predicted octanol–water partition coefficient (Wildman–Crippen LogP) is 1.31. The molecule has 0 amide bonds. The highest BCUT2D eigenvalue weighted by Gasteiger charge is 2.19. The molecule has 0 aromatic carbocycles. The maximum Gasteiger partial charge on any atom is 0.336 e. The Morgan fingerprint density at radius 3 is 3.20 bits per heavy atom. The topological polar surface area (TPSA) is 26.3 Å². The van der Waals surface area contributed by atoms with Crippen LogP contribution in [0.4, 0.5) is 0 Å². The first-order valence-corrected chi connectivity index (χ1v) is 3.16. The van der Waals surface area contributed by atoms with Crippen molar-refractivity contribution in [3.8, 4) is 0 Å². The van der Waals surface area contributed by atoms with Crippen LogP contribution in [-0.4, -0.2) is 5.97 Å². The normalized spacial score (nSPS) is 21.4. The summed E-state index contributed by atoms with van der Waals surface area (Å²) in [6.07, 6.45) is 8.05. The van der Waals surface area contributed by atoms with Crippen LogP contribution in [0.25, 0.3) is 0 Å². The van der Waals surface area contributed by atoms with Gasteiger partial charge in [0, 0.05) is 11.6 Å². The Morgan fingerprint density at radius 1 is 1.50 bits per heavy atom. The molecule has 1 aliphatic carbocycles. The Labute approximate surface area is 58.5 Å². The van der Waals surface area contributed by atoms with E-state index in [4.69, 9.17) is 4.74 Å². The van der Waals surface area contributed by atoms with Crippen LogP contribution < -0.4 is 0 Å². The maximum atomic E-state index is 10.6. The van der Waals surface area contributed by atoms with Gasteiger partial charge in [-0.1, -0.05) is 12.2 Å². The molecule has 0 saturated carbocycles. The van der Waals surface area contributed by atoms with E-state index in [2.05, 4.69) is 0 Å². The smallest absolute Gasteiger partial charge is 0.336 e. The lowest BCUT2D eigenvalue weighted by Gasteiger charge is -2.02. The average Bonchev–Trinajstić information content (AvgIpc) is 2.27. The molecule has 10 heavy (non-hydrogen) atoms. The van der Waals surface area contributed by atoms with Crippen LogP contribution in [0, 0.1) is 0 Å². The molecule has 50 valence electrons. The van der Waals surface area contributed by atoms with Crippen molar-refractivity contribution in [2.45, 2.75) is 6.42 Å². The number of hydrogen-bond acceptors (Lipinski definition) is 2. The third-order valence-electron chi connectivity index (χ3n) is 1.54. The van der Waals surface area contributed by atoms with E-state index in [1.165, 1.54) is 6.08 Å². The number of allylic oxidation sites excluding steroid dienone is 4. The third kappa shape index (κ3) is 0.692. The molecular formula is C8H6O2.